The highest BCUT2D eigenvalue weighted by Crippen LogP contribution is 2.19. The van der Waals surface area contributed by atoms with Crippen LogP contribution in [0.4, 0.5) is 10.2 Å². The maximum absolute atomic E-state index is 13.1. The van der Waals surface area contributed by atoms with Crippen molar-refractivity contribution in [1.29, 1.82) is 0 Å². The van der Waals surface area contributed by atoms with Crippen molar-refractivity contribution in [2.45, 2.75) is 27.2 Å². The molecule has 0 aliphatic rings. The molecule has 1 amide bonds. The molecule has 0 saturated heterocycles. The van der Waals surface area contributed by atoms with Gasteiger partial charge in [0, 0.05) is 6.07 Å². The van der Waals surface area contributed by atoms with Gasteiger partial charge in [-0.1, -0.05) is 6.07 Å². The van der Waals surface area contributed by atoms with Gasteiger partial charge in [-0.2, -0.15) is 5.10 Å². The normalized spacial score (nSPS) is 10.7. The molecule has 0 fully saturated rings. The van der Waals surface area contributed by atoms with E-state index in [1.807, 2.05) is 39.0 Å². The SMILES string of the molecule is Cc1cc(NC(=O)CCOc2ccc(C)c(C)c2)n(-c2ccc(F)cc2)n1. The van der Waals surface area contributed by atoms with Gasteiger partial charge in [-0.15, -0.1) is 0 Å². The number of hydrogen-bond donors (Lipinski definition) is 1. The Morgan fingerprint density at radius 2 is 1.81 bits per heavy atom. The lowest BCUT2D eigenvalue weighted by atomic mass is 10.1. The second-order valence-corrected chi connectivity index (χ2v) is 6.45. The molecule has 0 saturated carbocycles. The standard InChI is InChI=1S/C21H22FN3O2/c1-14-4-9-19(12-15(14)2)27-11-10-21(26)23-20-13-16(3)24-25(20)18-7-5-17(22)6-8-18/h4-9,12-13H,10-11H2,1-3H3,(H,23,26). The topological polar surface area (TPSA) is 56.1 Å². The third kappa shape index (κ3) is 4.73. The average Bonchev–Trinajstić information content (AvgIpc) is 2.99. The lowest BCUT2D eigenvalue weighted by Crippen LogP contribution is -2.17. The first-order valence-corrected chi connectivity index (χ1v) is 8.75. The fourth-order valence-corrected chi connectivity index (χ4v) is 2.64. The fourth-order valence-electron chi connectivity index (χ4n) is 2.64. The minimum Gasteiger partial charge on any atom is -0.493 e. The first-order chi connectivity index (χ1) is 12.9. The number of rotatable bonds is 6. The number of benzene rings is 2. The average molecular weight is 367 g/mol. The number of hydrogen-bond acceptors (Lipinski definition) is 3. The summed E-state index contributed by atoms with van der Waals surface area (Å²) in [5, 5.41) is 7.20. The molecule has 0 spiro atoms. The van der Waals surface area contributed by atoms with Crippen molar-refractivity contribution in [2.24, 2.45) is 0 Å². The van der Waals surface area contributed by atoms with Crippen LogP contribution in [0.2, 0.25) is 0 Å². The van der Waals surface area contributed by atoms with E-state index in [2.05, 4.69) is 10.4 Å². The van der Waals surface area contributed by atoms with Gasteiger partial charge in [-0.05, 0) is 68.3 Å². The molecule has 0 atom stereocenters. The number of nitrogens with zero attached hydrogens (tertiary/aromatic N) is 2. The summed E-state index contributed by atoms with van der Waals surface area (Å²) in [5.41, 5.74) is 3.77. The second kappa shape index (κ2) is 8.03. The summed E-state index contributed by atoms with van der Waals surface area (Å²) in [6, 6.07) is 13.6. The first kappa shape index (κ1) is 18.6. The first-order valence-electron chi connectivity index (χ1n) is 8.75. The number of halogens is 1. The molecular weight excluding hydrogens is 345 g/mol. The monoisotopic (exact) mass is 367 g/mol. The van der Waals surface area contributed by atoms with E-state index in [0.717, 1.165) is 17.0 Å². The van der Waals surface area contributed by atoms with Crippen LogP contribution in [0.5, 0.6) is 5.75 Å². The largest absolute Gasteiger partial charge is 0.493 e. The molecule has 1 heterocycles. The third-order valence-corrected chi connectivity index (χ3v) is 4.25. The van der Waals surface area contributed by atoms with Gasteiger partial charge in [0.05, 0.1) is 24.4 Å². The molecule has 5 nitrogen and oxygen atoms in total. The van der Waals surface area contributed by atoms with Crippen molar-refractivity contribution < 1.29 is 13.9 Å². The number of anilines is 1. The summed E-state index contributed by atoms with van der Waals surface area (Å²) < 4.78 is 20.4. The number of aryl methyl sites for hydroxylation is 3. The summed E-state index contributed by atoms with van der Waals surface area (Å²) in [6.45, 7) is 6.17. The maximum atomic E-state index is 13.1. The van der Waals surface area contributed by atoms with E-state index in [1.165, 1.54) is 17.7 Å². The van der Waals surface area contributed by atoms with Gasteiger partial charge in [0.15, 0.2) is 0 Å². The van der Waals surface area contributed by atoms with E-state index >= 15 is 0 Å². The number of amides is 1. The zero-order chi connectivity index (χ0) is 19.4. The third-order valence-electron chi connectivity index (χ3n) is 4.25. The Balaban J connectivity index is 1.61. The Kier molecular flexibility index (Phi) is 5.54. The fraction of sp³-hybridized carbons (Fsp3) is 0.238. The Morgan fingerprint density at radius 3 is 2.52 bits per heavy atom. The number of aromatic nitrogens is 2. The number of carbonyl (C=O) groups is 1. The molecule has 0 unspecified atom stereocenters. The molecule has 27 heavy (non-hydrogen) atoms. The summed E-state index contributed by atoms with van der Waals surface area (Å²) in [7, 11) is 0. The Bertz CT molecular complexity index is 949. The molecule has 2 aromatic carbocycles. The molecule has 0 radical (unpaired) electrons. The second-order valence-electron chi connectivity index (χ2n) is 6.45. The Labute approximate surface area is 157 Å². The van der Waals surface area contributed by atoms with Crippen LogP contribution in [0.3, 0.4) is 0 Å². The van der Waals surface area contributed by atoms with Crippen molar-refractivity contribution >= 4 is 11.7 Å². The summed E-state index contributed by atoms with van der Waals surface area (Å²) in [4.78, 5) is 12.3. The van der Waals surface area contributed by atoms with Crippen LogP contribution in [0, 0.1) is 26.6 Å². The molecule has 3 rings (SSSR count). The summed E-state index contributed by atoms with van der Waals surface area (Å²) in [5.74, 6) is 0.784. The minimum absolute atomic E-state index is 0.179. The Hall–Kier alpha value is -3.15. The van der Waals surface area contributed by atoms with Crippen LogP contribution in [0.15, 0.2) is 48.5 Å². The zero-order valence-corrected chi connectivity index (χ0v) is 15.6. The van der Waals surface area contributed by atoms with Gasteiger partial charge in [0.25, 0.3) is 0 Å². The minimum atomic E-state index is -0.322. The molecule has 3 aromatic rings. The molecule has 0 bridgehead atoms. The molecule has 6 heteroatoms. The van der Waals surface area contributed by atoms with E-state index in [1.54, 1.807) is 22.9 Å². The summed E-state index contributed by atoms with van der Waals surface area (Å²) >= 11 is 0. The Morgan fingerprint density at radius 1 is 1.07 bits per heavy atom. The van der Waals surface area contributed by atoms with Crippen LogP contribution in [0.1, 0.15) is 23.2 Å². The van der Waals surface area contributed by atoms with Crippen LogP contribution in [0.25, 0.3) is 5.69 Å². The van der Waals surface area contributed by atoms with Crippen molar-refractivity contribution in [2.75, 3.05) is 11.9 Å². The van der Waals surface area contributed by atoms with Gasteiger partial charge in [0.2, 0.25) is 5.91 Å². The molecule has 1 N–H and O–H groups in total. The van der Waals surface area contributed by atoms with Crippen LogP contribution in [-0.4, -0.2) is 22.3 Å². The number of carbonyl (C=O) groups excluding carboxylic acids is 1. The van der Waals surface area contributed by atoms with Gasteiger partial charge in [-0.25, -0.2) is 9.07 Å². The highest BCUT2D eigenvalue weighted by molar-refractivity contribution is 5.90. The highest BCUT2D eigenvalue weighted by Gasteiger charge is 2.11. The number of ether oxygens (including phenoxy) is 1. The van der Waals surface area contributed by atoms with E-state index in [0.29, 0.717) is 11.5 Å². The predicted octanol–water partition coefficient (Wildman–Crippen LogP) is 4.34. The van der Waals surface area contributed by atoms with Gasteiger partial charge < -0.3 is 10.1 Å². The van der Waals surface area contributed by atoms with Crippen molar-refractivity contribution in [3.05, 3.63) is 71.2 Å². The quantitative estimate of drug-likeness (QED) is 0.705. The molecule has 1 aromatic heterocycles. The lowest BCUT2D eigenvalue weighted by Gasteiger charge is -2.10. The molecular formula is C21H22FN3O2. The van der Waals surface area contributed by atoms with Crippen LogP contribution in [-0.2, 0) is 4.79 Å². The van der Waals surface area contributed by atoms with E-state index in [9.17, 15) is 9.18 Å². The lowest BCUT2D eigenvalue weighted by molar-refractivity contribution is -0.116. The molecule has 0 aliphatic heterocycles. The summed E-state index contributed by atoms with van der Waals surface area (Å²) in [6.07, 6.45) is 0.209. The molecule has 140 valence electrons. The number of nitrogens with one attached hydrogen (secondary N) is 1. The smallest absolute Gasteiger partial charge is 0.228 e. The van der Waals surface area contributed by atoms with E-state index in [-0.39, 0.29) is 24.8 Å². The van der Waals surface area contributed by atoms with E-state index in [4.69, 9.17) is 4.74 Å². The predicted molar refractivity (Wildman–Crippen MR) is 103 cm³/mol. The van der Waals surface area contributed by atoms with Crippen LogP contribution < -0.4 is 10.1 Å². The molecule has 0 aliphatic carbocycles. The van der Waals surface area contributed by atoms with Gasteiger partial charge in [-0.3, -0.25) is 4.79 Å². The van der Waals surface area contributed by atoms with Crippen molar-refractivity contribution in [3.63, 3.8) is 0 Å². The van der Waals surface area contributed by atoms with Crippen molar-refractivity contribution in [3.8, 4) is 11.4 Å². The van der Waals surface area contributed by atoms with Gasteiger partial charge in [0.1, 0.15) is 17.4 Å². The maximum Gasteiger partial charge on any atom is 0.228 e. The highest BCUT2D eigenvalue weighted by atomic mass is 19.1. The van der Waals surface area contributed by atoms with Gasteiger partial charge >= 0.3 is 0 Å². The van der Waals surface area contributed by atoms with Crippen molar-refractivity contribution in [1.82, 2.24) is 9.78 Å². The van der Waals surface area contributed by atoms with Crippen LogP contribution >= 0.6 is 0 Å². The van der Waals surface area contributed by atoms with E-state index < -0.39 is 0 Å². The zero-order valence-electron chi connectivity index (χ0n) is 15.6.